The minimum atomic E-state index is -0.770. The van der Waals surface area contributed by atoms with Gasteiger partial charge in [0.2, 0.25) is 0 Å². The lowest BCUT2D eigenvalue weighted by atomic mass is 9.84. The molecule has 1 aliphatic carbocycles. The average Bonchev–Trinajstić information content (AvgIpc) is 3.41. The van der Waals surface area contributed by atoms with E-state index in [0.29, 0.717) is 23.8 Å². The van der Waals surface area contributed by atoms with Gasteiger partial charge in [0.15, 0.2) is 0 Å². The van der Waals surface area contributed by atoms with Crippen LogP contribution in [0, 0.1) is 0 Å². The average molecular weight is 330 g/mol. The molecule has 4 nitrogen and oxygen atoms in total. The Balaban J connectivity index is 1.48. The van der Waals surface area contributed by atoms with E-state index in [9.17, 15) is 5.11 Å². The summed E-state index contributed by atoms with van der Waals surface area (Å²) >= 11 is 5.94. The van der Waals surface area contributed by atoms with Crippen LogP contribution in [0.5, 0.6) is 0 Å². The molecule has 120 valence electrons. The van der Waals surface area contributed by atoms with Gasteiger partial charge in [0, 0.05) is 35.8 Å². The minimum Gasteiger partial charge on any atom is -0.385 e. The van der Waals surface area contributed by atoms with Gasteiger partial charge in [-0.2, -0.15) is 0 Å². The van der Waals surface area contributed by atoms with Gasteiger partial charge in [-0.1, -0.05) is 23.7 Å². The van der Waals surface area contributed by atoms with E-state index in [1.807, 2.05) is 24.3 Å². The molecule has 1 saturated carbocycles. The Morgan fingerprint density at radius 3 is 2.43 bits per heavy atom. The fraction of sp³-hybridized carbons (Fsp3) is 0.444. The summed E-state index contributed by atoms with van der Waals surface area (Å²) in [7, 11) is 0. The van der Waals surface area contributed by atoms with E-state index in [1.165, 1.54) is 12.8 Å². The zero-order chi connectivity index (χ0) is 15.9. The first kappa shape index (κ1) is 14.9. The number of nitrogens with zero attached hydrogens (tertiary/aromatic N) is 3. The van der Waals surface area contributed by atoms with Gasteiger partial charge in [-0.25, -0.2) is 9.97 Å². The Kier molecular flexibility index (Phi) is 3.74. The van der Waals surface area contributed by atoms with Gasteiger partial charge in [0.1, 0.15) is 12.1 Å². The standard InChI is InChI=1S/C18H20ClN3O/c19-15-5-3-14(4-6-15)18(23)7-9-22(10-8-18)17-11-16(13-1-2-13)20-12-21-17/h3-6,11-13,23H,1-2,7-10H2. The number of aromatic nitrogens is 2. The van der Waals surface area contributed by atoms with Crippen molar-refractivity contribution in [3.8, 4) is 0 Å². The van der Waals surface area contributed by atoms with E-state index in [4.69, 9.17) is 11.6 Å². The second-order valence-corrected chi connectivity index (χ2v) is 7.04. The van der Waals surface area contributed by atoms with Crippen LogP contribution in [0.1, 0.15) is 42.9 Å². The summed E-state index contributed by atoms with van der Waals surface area (Å²) < 4.78 is 0. The van der Waals surface area contributed by atoms with Crippen LogP contribution in [0.15, 0.2) is 36.7 Å². The summed E-state index contributed by atoms with van der Waals surface area (Å²) in [5.41, 5.74) is 1.34. The molecule has 0 radical (unpaired) electrons. The third kappa shape index (κ3) is 3.06. The first-order valence-electron chi connectivity index (χ1n) is 8.19. The van der Waals surface area contributed by atoms with Crippen molar-refractivity contribution in [2.24, 2.45) is 0 Å². The lowest BCUT2D eigenvalue weighted by Crippen LogP contribution is -2.43. The highest BCUT2D eigenvalue weighted by atomic mass is 35.5. The maximum atomic E-state index is 10.9. The summed E-state index contributed by atoms with van der Waals surface area (Å²) in [5, 5.41) is 11.6. The molecule has 4 rings (SSSR count). The second-order valence-electron chi connectivity index (χ2n) is 6.60. The largest absolute Gasteiger partial charge is 0.385 e. The maximum absolute atomic E-state index is 10.9. The van der Waals surface area contributed by atoms with Crippen molar-refractivity contribution >= 4 is 17.4 Å². The predicted octanol–water partition coefficient (Wildman–Crippen LogP) is 3.50. The molecule has 0 atom stereocenters. The number of hydrogen-bond acceptors (Lipinski definition) is 4. The number of anilines is 1. The third-order valence-corrected chi connectivity index (χ3v) is 5.22. The van der Waals surface area contributed by atoms with E-state index in [2.05, 4.69) is 20.9 Å². The SMILES string of the molecule is OC1(c2ccc(Cl)cc2)CCN(c2cc(C3CC3)ncn2)CC1. The van der Waals surface area contributed by atoms with Crippen molar-refractivity contribution in [2.45, 2.75) is 37.2 Å². The maximum Gasteiger partial charge on any atom is 0.132 e. The number of halogens is 1. The number of piperidine rings is 1. The fourth-order valence-corrected chi connectivity index (χ4v) is 3.42. The van der Waals surface area contributed by atoms with Gasteiger partial charge < -0.3 is 10.0 Å². The van der Waals surface area contributed by atoms with E-state index < -0.39 is 5.60 Å². The molecule has 2 heterocycles. The molecule has 2 fully saturated rings. The molecule has 0 spiro atoms. The summed E-state index contributed by atoms with van der Waals surface area (Å²) in [5.74, 6) is 1.62. The highest BCUT2D eigenvalue weighted by Gasteiger charge is 2.34. The Hall–Kier alpha value is -1.65. The van der Waals surface area contributed by atoms with Gasteiger partial charge in [-0.15, -0.1) is 0 Å². The lowest BCUT2D eigenvalue weighted by molar-refractivity contribution is 0.0116. The summed E-state index contributed by atoms with van der Waals surface area (Å²) in [4.78, 5) is 11.1. The molecule has 1 aromatic heterocycles. The van der Waals surface area contributed by atoms with Crippen LogP contribution in [0.4, 0.5) is 5.82 Å². The number of aliphatic hydroxyl groups is 1. The molecule has 1 saturated heterocycles. The van der Waals surface area contributed by atoms with Gasteiger partial charge >= 0.3 is 0 Å². The molecule has 1 aliphatic heterocycles. The first-order chi connectivity index (χ1) is 11.1. The zero-order valence-corrected chi connectivity index (χ0v) is 13.7. The van der Waals surface area contributed by atoms with E-state index in [1.54, 1.807) is 6.33 Å². The van der Waals surface area contributed by atoms with Crippen LogP contribution in [0.25, 0.3) is 0 Å². The molecule has 1 N–H and O–H groups in total. The van der Waals surface area contributed by atoms with Gasteiger partial charge in [0.25, 0.3) is 0 Å². The number of hydrogen-bond donors (Lipinski definition) is 1. The summed E-state index contributed by atoms with van der Waals surface area (Å²) in [6.07, 6.45) is 5.54. The molecular formula is C18H20ClN3O. The molecule has 0 unspecified atom stereocenters. The second kappa shape index (κ2) is 5.77. The molecule has 23 heavy (non-hydrogen) atoms. The Morgan fingerprint density at radius 1 is 1.09 bits per heavy atom. The van der Waals surface area contributed by atoms with E-state index in [0.717, 1.165) is 30.2 Å². The number of rotatable bonds is 3. The fourth-order valence-electron chi connectivity index (χ4n) is 3.29. The van der Waals surface area contributed by atoms with Crippen LogP contribution >= 0.6 is 11.6 Å². The zero-order valence-electron chi connectivity index (χ0n) is 13.0. The van der Waals surface area contributed by atoms with Crippen LogP contribution < -0.4 is 4.90 Å². The first-order valence-corrected chi connectivity index (χ1v) is 8.57. The van der Waals surface area contributed by atoms with Crippen molar-refractivity contribution in [1.82, 2.24) is 9.97 Å². The van der Waals surface area contributed by atoms with Crippen molar-refractivity contribution < 1.29 is 5.11 Å². The molecule has 0 bridgehead atoms. The van der Waals surface area contributed by atoms with Crippen molar-refractivity contribution in [3.63, 3.8) is 0 Å². The van der Waals surface area contributed by atoms with Gasteiger partial charge in [-0.3, -0.25) is 0 Å². The van der Waals surface area contributed by atoms with Gasteiger partial charge in [0.05, 0.1) is 5.60 Å². The van der Waals surface area contributed by atoms with Crippen molar-refractivity contribution in [2.75, 3.05) is 18.0 Å². The monoisotopic (exact) mass is 329 g/mol. The quantitative estimate of drug-likeness (QED) is 0.936. The van der Waals surface area contributed by atoms with Gasteiger partial charge in [-0.05, 0) is 43.4 Å². The predicted molar refractivity (Wildman–Crippen MR) is 90.8 cm³/mol. The minimum absolute atomic E-state index is 0.632. The lowest BCUT2D eigenvalue weighted by Gasteiger charge is -2.39. The summed E-state index contributed by atoms with van der Waals surface area (Å²) in [6, 6.07) is 9.65. The normalized spacial score (nSPS) is 20.5. The van der Waals surface area contributed by atoms with Crippen LogP contribution in [0.3, 0.4) is 0 Å². The van der Waals surface area contributed by atoms with Crippen molar-refractivity contribution in [1.29, 1.82) is 0 Å². The van der Waals surface area contributed by atoms with E-state index >= 15 is 0 Å². The Labute approximate surface area is 141 Å². The summed E-state index contributed by atoms with van der Waals surface area (Å²) in [6.45, 7) is 1.58. The Bertz CT molecular complexity index is 692. The molecular weight excluding hydrogens is 310 g/mol. The molecule has 2 aliphatic rings. The van der Waals surface area contributed by atoms with E-state index in [-0.39, 0.29) is 0 Å². The molecule has 5 heteroatoms. The third-order valence-electron chi connectivity index (χ3n) is 4.97. The molecule has 0 amide bonds. The Morgan fingerprint density at radius 2 is 1.78 bits per heavy atom. The highest BCUT2D eigenvalue weighted by molar-refractivity contribution is 6.30. The smallest absolute Gasteiger partial charge is 0.132 e. The topological polar surface area (TPSA) is 49.2 Å². The van der Waals surface area contributed by atoms with Crippen molar-refractivity contribution in [3.05, 3.63) is 52.9 Å². The van der Waals surface area contributed by atoms with Crippen LogP contribution in [-0.4, -0.2) is 28.2 Å². The highest BCUT2D eigenvalue weighted by Crippen LogP contribution is 2.40. The number of benzene rings is 1. The van der Waals surface area contributed by atoms with Crippen LogP contribution in [0.2, 0.25) is 5.02 Å². The molecule has 1 aromatic carbocycles. The molecule has 2 aromatic rings. The van der Waals surface area contributed by atoms with Crippen LogP contribution in [-0.2, 0) is 5.60 Å².